The molecule has 0 bridgehead atoms. The van der Waals surface area contributed by atoms with E-state index in [-0.39, 0.29) is 18.1 Å². The van der Waals surface area contributed by atoms with E-state index in [0.717, 1.165) is 24.8 Å². The first kappa shape index (κ1) is 16.9. The van der Waals surface area contributed by atoms with Crippen molar-refractivity contribution in [2.45, 2.75) is 37.8 Å². The molecule has 1 aromatic carbocycles. The zero-order valence-electron chi connectivity index (χ0n) is 14.1. The number of morpholine rings is 1. The maximum atomic E-state index is 13.1. The highest BCUT2D eigenvalue weighted by Gasteiger charge is 2.40. The molecule has 1 aliphatic heterocycles. The fourth-order valence-electron chi connectivity index (χ4n) is 3.99. The normalized spacial score (nSPS) is 27.0. The van der Waals surface area contributed by atoms with Crippen LogP contribution in [0.2, 0.25) is 0 Å². The SMILES string of the molecule is CO[C@@H]1CCC[C@H]1[C@H]1COCCN1C(=O)c1cccc(CC#N)c1. The van der Waals surface area contributed by atoms with E-state index >= 15 is 0 Å². The Morgan fingerprint density at radius 3 is 3.12 bits per heavy atom. The minimum Gasteiger partial charge on any atom is -0.381 e. The molecule has 1 saturated heterocycles. The van der Waals surface area contributed by atoms with Crippen molar-refractivity contribution in [1.82, 2.24) is 4.90 Å². The topological polar surface area (TPSA) is 62.6 Å². The molecule has 0 radical (unpaired) electrons. The molecule has 128 valence electrons. The Bertz CT molecular complexity index is 625. The molecule has 5 nitrogen and oxygen atoms in total. The summed E-state index contributed by atoms with van der Waals surface area (Å²) in [6.45, 7) is 1.76. The van der Waals surface area contributed by atoms with Crippen LogP contribution in [0.25, 0.3) is 0 Å². The molecule has 1 aliphatic carbocycles. The van der Waals surface area contributed by atoms with E-state index in [9.17, 15) is 4.79 Å². The fraction of sp³-hybridized carbons (Fsp3) is 0.579. The Morgan fingerprint density at radius 1 is 1.46 bits per heavy atom. The van der Waals surface area contributed by atoms with Crippen LogP contribution in [0, 0.1) is 17.2 Å². The number of carbonyl (C=O) groups is 1. The van der Waals surface area contributed by atoms with Crippen LogP contribution in [0.4, 0.5) is 0 Å². The third-order valence-corrected chi connectivity index (χ3v) is 5.18. The van der Waals surface area contributed by atoms with Gasteiger partial charge in [0.15, 0.2) is 0 Å². The standard InChI is InChI=1S/C19H24N2O3/c1-23-18-7-3-6-16(18)17-13-24-11-10-21(17)19(22)15-5-2-4-14(12-15)8-9-20/h2,4-5,12,16-18H,3,6-8,10-11,13H2,1H3/t16-,17+,18+/m0/s1. The molecule has 24 heavy (non-hydrogen) atoms. The predicted octanol–water partition coefficient (Wildman–Crippen LogP) is 2.41. The van der Waals surface area contributed by atoms with Gasteiger partial charge in [0.1, 0.15) is 0 Å². The van der Waals surface area contributed by atoms with Gasteiger partial charge in [0.2, 0.25) is 0 Å². The van der Waals surface area contributed by atoms with Gasteiger partial charge in [-0.2, -0.15) is 5.26 Å². The van der Waals surface area contributed by atoms with Gasteiger partial charge in [-0.1, -0.05) is 18.6 Å². The summed E-state index contributed by atoms with van der Waals surface area (Å²) in [5, 5.41) is 8.86. The van der Waals surface area contributed by atoms with Gasteiger partial charge >= 0.3 is 0 Å². The van der Waals surface area contributed by atoms with Gasteiger partial charge in [0.25, 0.3) is 5.91 Å². The lowest BCUT2D eigenvalue weighted by atomic mass is 9.93. The first-order valence-electron chi connectivity index (χ1n) is 8.62. The highest BCUT2D eigenvalue weighted by atomic mass is 16.5. The van der Waals surface area contributed by atoms with Gasteiger partial charge in [0, 0.05) is 25.1 Å². The molecule has 0 unspecified atom stereocenters. The van der Waals surface area contributed by atoms with Crippen molar-refractivity contribution in [3.05, 3.63) is 35.4 Å². The quantitative estimate of drug-likeness (QED) is 0.851. The van der Waals surface area contributed by atoms with Crippen molar-refractivity contribution < 1.29 is 14.3 Å². The second kappa shape index (κ2) is 7.78. The zero-order valence-corrected chi connectivity index (χ0v) is 14.1. The Kier molecular flexibility index (Phi) is 5.49. The summed E-state index contributed by atoms with van der Waals surface area (Å²) in [7, 11) is 1.75. The largest absolute Gasteiger partial charge is 0.381 e. The Balaban J connectivity index is 1.81. The van der Waals surface area contributed by atoms with E-state index in [1.54, 1.807) is 7.11 Å². The van der Waals surface area contributed by atoms with Gasteiger partial charge < -0.3 is 14.4 Å². The van der Waals surface area contributed by atoms with Crippen LogP contribution < -0.4 is 0 Å². The molecule has 0 spiro atoms. The maximum absolute atomic E-state index is 13.1. The average Bonchev–Trinajstić information content (AvgIpc) is 3.10. The number of rotatable bonds is 4. The first-order valence-corrected chi connectivity index (χ1v) is 8.62. The molecule has 3 rings (SSSR count). The number of hydrogen-bond acceptors (Lipinski definition) is 4. The first-order chi connectivity index (χ1) is 11.7. The van der Waals surface area contributed by atoms with Gasteiger partial charge in [-0.25, -0.2) is 0 Å². The van der Waals surface area contributed by atoms with Gasteiger partial charge in [0.05, 0.1) is 37.8 Å². The lowest BCUT2D eigenvalue weighted by Gasteiger charge is -2.40. The van der Waals surface area contributed by atoms with Crippen LogP contribution in [-0.4, -0.2) is 49.8 Å². The van der Waals surface area contributed by atoms with Gasteiger partial charge in [-0.3, -0.25) is 4.79 Å². The molecule has 1 aromatic rings. The lowest BCUT2D eigenvalue weighted by molar-refractivity contribution is -0.0460. The smallest absolute Gasteiger partial charge is 0.254 e. The molecule has 1 amide bonds. The number of carbonyl (C=O) groups excluding carboxylic acids is 1. The highest BCUT2D eigenvalue weighted by molar-refractivity contribution is 5.94. The third kappa shape index (κ3) is 3.45. The number of benzene rings is 1. The second-order valence-electron chi connectivity index (χ2n) is 6.54. The molecular weight excluding hydrogens is 304 g/mol. The van der Waals surface area contributed by atoms with Crippen molar-refractivity contribution in [1.29, 1.82) is 5.26 Å². The molecular formula is C19H24N2O3. The van der Waals surface area contributed by atoms with Crippen molar-refractivity contribution in [3.8, 4) is 6.07 Å². The van der Waals surface area contributed by atoms with Crippen LogP contribution in [0.5, 0.6) is 0 Å². The van der Waals surface area contributed by atoms with Crippen LogP contribution in [0.15, 0.2) is 24.3 Å². The van der Waals surface area contributed by atoms with E-state index in [2.05, 4.69) is 6.07 Å². The second-order valence-corrected chi connectivity index (χ2v) is 6.54. The van der Waals surface area contributed by atoms with Gasteiger partial charge in [-0.05, 0) is 30.5 Å². The van der Waals surface area contributed by atoms with E-state index in [4.69, 9.17) is 14.7 Å². The van der Waals surface area contributed by atoms with E-state index in [1.807, 2.05) is 29.2 Å². The Labute approximate surface area is 143 Å². The number of hydrogen-bond donors (Lipinski definition) is 0. The van der Waals surface area contributed by atoms with Crippen LogP contribution >= 0.6 is 0 Å². The minimum absolute atomic E-state index is 0.0323. The summed E-state index contributed by atoms with van der Waals surface area (Å²) in [5.41, 5.74) is 1.53. The zero-order chi connectivity index (χ0) is 16.9. The Morgan fingerprint density at radius 2 is 2.33 bits per heavy atom. The van der Waals surface area contributed by atoms with Crippen LogP contribution in [-0.2, 0) is 15.9 Å². The lowest BCUT2D eigenvalue weighted by Crippen LogP contribution is -2.53. The average molecular weight is 328 g/mol. The molecule has 1 heterocycles. The van der Waals surface area contributed by atoms with Gasteiger partial charge in [-0.15, -0.1) is 0 Å². The number of nitriles is 1. The maximum Gasteiger partial charge on any atom is 0.254 e. The third-order valence-electron chi connectivity index (χ3n) is 5.18. The number of methoxy groups -OCH3 is 1. The summed E-state index contributed by atoms with van der Waals surface area (Å²) >= 11 is 0. The molecule has 2 fully saturated rings. The van der Waals surface area contributed by atoms with E-state index in [1.165, 1.54) is 0 Å². The number of amides is 1. The van der Waals surface area contributed by atoms with Crippen molar-refractivity contribution in [2.75, 3.05) is 26.9 Å². The number of nitrogens with zero attached hydrogens (tertiary/aromatic N) is 2. The van der Waals surface area contributed by atoms with E-state index < -0.39 is 0 Å². The molecule has 3 atom stereocenters. The fourth-order valence-corrected chi connectivity index (χ4v) is 3.99. The molecule has 0 aromatic heterocycles. The molecule has 5 heteroatoms. The summed E-state index contributed by atoms with van der Waals surface area (Å²) in [6.07, 6.45) is 3.79. The monoisotopic (exact) mass is 328 g/mol. The van der Waals surface area contributed by atoms with Crippen molar-refractivity contribution in [2.24, 2.45) is 5.92 Å². The van der Waals surface area contributed by atoms with Crippen molar-refractivity contribution >= 4 is 5.91 Å². The minimum atomic E-state index is 0.0323. The number of ether oxygens (including phenoxy) is 2. The molecule has 0 N–H and O–H groups in total. The molecule has 2 aliphatic rings. The summed E-state index contributed by atoms with van der Waals surface area (Å²) in [4.78, 5) is 15.0. The highest BCUT2D eigenvalue weighted by Crippen LogP contribution is 2.34. The summed E-state index contributed by atoms with van der Waals surface area (Å²) < 4.78 is 11.3. The molecule has 1 saturated carbocycles. The summed E-state index contributed by atoms with van der Waals surface area (Å²) in [5.74, 6) is 0.367. The van der Waals surface area contributed by atoms with Crippen LogP contribution in [0.3, 0.4) is 0 Å². The van der Waals surface area contributed by atoms with Crippen molar-refractivity contribution in [3.63, 3.8) is 0 Å². The van der Waals surface area contributed by atoms with E-state index in [0.29, 0.717) is 37.7 Å². The Hall–Kier alpha value is -1.90. The summed E-state index contributed by atoms with van der Waals surface area (Å²) in [6, 6.07) is 9.60. The van der Waals surface area contributed by atoms with Crippen LogP contribution in [0.1, 0.15) is 35.2 Å². The predicted molar refractivity (Wildman–Crippen MR) is 89.5 cm³/mol.